The molecule has 0 spiro atoms. The van der Waals surface area contributed by atoms with Crippen LogP contribution in [0.1, 0.15) is 18.6 Å². The average molecular weight is 331 g/mol. The van der Waals surface area contributed by atoms with Crippen molar-refractivity contribution in [2.75, 3.05) is 26.3 Å². The molecule has 5 heteroatoms. The number of halogens is 1. The normalized spacial score (nSPS) is 18.8. The minimum atomic E-state index is -0.439. The van der Waals surface area contributed by atoms with E-state index in [9.17, 15) is 4.39 Å². The van der Waals surface area contributed by atoms with Crippen LogP contribution in [0.15, 0.2) is 48.5 Å². The smallest absolute Gasteiger partial charge is 0.197 e. The van der Waals surface area contributed by atoms with Gasteiger partial charge in [0, 0.05) is 13.1 Å². The zero-order chi connectivity index (χ0) is 16.8. The minimum Gasteiger partial charge on any atom is -0.490 e. The minimum absolute atomic E-state index is 0.127. The third kappa shape index (κ3) is 3.86. The van der Waals surface area contributed by atoms with Crippen molar-refractivity contribution in [3.8, 4) is 11.5 Å². The van der Waals surface area contributed by atoms with Gasteiger partial charge < -0.3 is 19.5 Å². The first kappa shape index (κ1) is 16.7. The van der Waals surface area contributed by atoms with Gasteiger partial charge in [-0.05, 0) is 24.6 Å². The van der Waals surface area contributed by atoms with E-state index in [0.29, 0.717) is 25.5 Å². The first-order valence-corrected chi connectivity index (χ1v) is 8.25. The molecule has 1 aliphatic heterocycles. The molecule has 0 aromatic heterocycles. The summed E-state index contributed by atoms with van der Waals surface area (Å²) in [5.74, 6) is 0.0928. The van der Waals surface area contributed by atoms with Crippen molar-refractivity contribution in [1.82, 2.24) is 5.32 Å². The van der Waals surface area contributed by atoms with Gasteiger partial charge in [-0.1, -0.05) is 36.4 Å². The molecule has 1 heterocycles. The summed E-state index contributed by atoms with van der Waals surface area (Å²) in [4.78, 5) is 0. The van der Waals surface area contributed by atoms with E-state index in [1.54, 1.807) is 12.1 Å². The van der Waals surface area contributed by atoms with Crippen molar-refractivity contribution in [2.45, 2.75) is 19.1 Å². The molecule has 0 aliphatic carbocycles. The quantitative estimate of drug-likeness (QED) is 0.881. The molecule has 1 fully saturated rings. The molecule has 2 aromatic carbocycles. The van der Waals surface area contributed by atoms with Gasteiger partial charge >= 0.3 is 0 Å². The fourth-order valence-corrected chi connectivity index (χ4v) is 2.78. The largest absolute Gasteiger partial charge is 0.490 e. The highest BCUT2D eigenvalue weighted by molar-refractivity contribution is 5.41. The average Bonchev–Trinajstić information content (AvgIpc) is 2.63. The summed E-state index contributed by atoms with van der Waals surface area (Å²) in [6.07, 6.45) is -0.620. The third-order valence-electron chi connectivity index (χ3n) is 3.90. The molecule has 0 amide bonds. The number of ether oxygens (including phenoxy) is 3. The second-order valence-electron chi connectivity index (χ2n) is 5.56. The number of morpholine rings is 1. The summed E-state index contributed by atoms with van der Waals surface area (Å²) < 4.78 is 31.8. The Balaban J connectivity index is 1.92. The molecule has 4 nitrogen and oxygen atoms in total. The molecule has 0 saturated carbocycles. The van der Waals surface area contributed by atoms with Crippen molar-refractivity contribution in [3.63, 3.8) is 0 Å². The Hall–Kier alpha value is -2.11. The Morgan fingerprint density at radius 2 is 2.04 bits per heavy atom. The zero-order valence-electron chi connectivity index (χ0n) is 13.7. The van der Waals surface area contributed by atoms with Crippen LogP contribution in [0.3, 0.4) is 0 Å². The molecular formula is C19H22FNO3. The van der Waals surface area contributed by atoms with Gasteiger partial charge in [0.2, 0.25) is 0 Å². The van der Waals surface area contributed by atoms with Crippen molar-refractivity contribution >= 4 is 0 Å². The lowest BCUT2D eigenvalue weighted by Gasteiger charge is -2.32. The lowest BCUT2D eigenvalue weighted by molar-refractivity contribution is -0.0449. The van der Waals surface area contributed by atoms with E-state index in [0.717, 1.165) is 12.1 Å². The second-order valence-corrected chi connectivity index (χ2v) is 5.56. The SMILES string of the molecule is CCOc1cccc(F)c1OC(c1ccccc1)[C@@H]1CNCCO1. The van der Waals surface area contributed by atoms with Crippen LogP contribution in [0, 0.1) is 5.82 Å². The zero-order valence-corrected chi connectivity index (χ0v) is 13.7. The van der Waals surface area contributed by atoms with Gasteiger partial charge in [-0.15, -0.1) is 0 Å². The summed E-state index contributed by atoms with van der Waals surface area (Å²) in [5.41, 5.74) is 0.942. The van der Waals surface area contributed by atoms with Gasteiger partial charge in [-0.2, -0.15) is 0 Å². The first-order valence-electron chi connectivity index (χ1n) is 8.25. The highest BCUT2D eigenvalue weighted by Gasteiger charge is 2.29. The van der Waals surface area contributed by atoms with Crippen LogP contribution in [0.2, 0.25) is 0 Å². The van der Waals surface area contributed by atoms with Gasteiger partial charge in [0.1, 0.15) is 6.10 Å². The summed E-state index contributed by atoms with van der Waals surface area (Å²) in [6.45, 7) is 4.36. The van der Waals surface area contributed by atoms with Crippen molar-refractivity contribution in [3.05, 3.63) is 59.9 Å². The van der Waals surface area contributed by atoms with Crippen LogP contribution in [0.5, 0.6) is 11.5 Å². The summed E-state index contributed by atoms with van der Waals surface area (Å²) in [6, 6.07) is 14.4. The molecule has 2 atom stereocenters. The summed E-state index contributed by atoms with van der Waals surface area (Å²) in [7, 11) is 0. The maximum absolute atomic E-state index is 14.4. The van der Waals surface area contributed by atoms with Crippen LogP contribution in [0.4, 0.5) is 4.39 Å². The summed E-state index contributed by atoms with van der Waals surface area (Å²) >= 11 is 0. The molecule has 2 aromatic rings. The van der Waals surface area contributed by atoms with Crippen molar-refractivity contribution in [2.24, 2.45) is 0 Å². The molecule has 0 bridgehead atoms. The molecule has 0 radical (unpaired) electrons. The lowest BCUT2D eigenvalue weighted by Crippen LogP contribution is -2.43. The second kappa shape index (κ2) is 8.13. The van der Waals surface area contributed by atoms with Gasteiger partial charge in [-0.3, -0.25) is 0 Å². The van der Waals surface area contributed by atoms with Crippen LogP contribution < -0.4 is 14.8 Å². The monoisotopic (exact) mass is 331 g/mol. The van der Waals surface area contributed by atoms with Crippen molar-refractivity contribution < 1.29 is 18.6 Å². The number of para-hydroxylation sites is 1. The van der Waals surface area contributed by atoms with Gasteiger partial charge in [0.15, 0.2) is 23.4 Å². The fourth-order valence-electron chi connectivity index (χ4n) is 2.78. The fraction of sp³-hybridized carbons (Fsp3) is 0.368. The lowest BCUT2D eigenvalue weighted by atomic mass is 10.0. The topological polar surface area (TPSA) is 39.7 Å². The Bertz CT molecular complexity index is 644. The van der Waals surface area contributed by atoms with Gasteiger partial charge in [0.05, 0.1) is 13.2 Å². The molecule has 24 heavy (non-hydrogen) atoms. The number of hydrogen-bond donors (Lipinski definition) is 1. The maximum atomic E-state index is 14.4. The Morgan fingerprint density at radius 1 is 1.21 bits per heavy atom. The van der Waals surface area contributed by atoms with Gasteiger partial charge in [0.25, 0.3) is 0 Å². The highest BCUT2D eigenvalue weighted by atomic mass is 19.1. The molecule has 1 N–H and O–H groups in total. The Morgan fingerprint density at radius 3 is 2.75 bits per heavy atom. The third-order valence-corrected chi connectivity index (χ3v) is 3.90. The molecule has 1 saturated heterocycles. The van der Waals surface area contributed by atoms with E-state index in [-0.39, 0.29) is 11.9 Å². The Labute approximate surface area is 141 Å². The van der Waals surface area contributed by atoms with E-state index in [4.69, 9.17) is 14.2 Å². The van der Waals surface area contributed by atoms with Gasteiger partial charge in [-0.25, -0.2) is 4.39 Å². The van der Waals surface area contributed by atoms with Crippen LogP contribution in [-0.4, -0.2) is 32.4 Å². The van der Waals surface area contributed by atoms with E-state index in [1.165, 1.54) is 6.07 Å². The van der Waals surface area contributed by atoms with Crippen LogP contribution in [0.25, 0.3) is 0 Å². The van der Waals surface area contributed by atoms with E-state index < -0.39 is 11.9 Å². The predicted octanol–water partition coefficient (Wildman–Crippen LogP) is 3.33. The highest BCUT2D eigenvalue weighted by Crippen LogP contribution is 2.35. The molecule has 3 rings (SSSR count). The molecule has 128 valence electrons. The van der Waals surface area contributed by atoms with E-state index in [1.807, 2.05) is 37.3 Å². The molecule has 1 unspecified atom stereocenters. The standard InChI is InChI=1S/C19H22FNO3/c1-2-22-16-10-6-9-15(20)19(16)24-18(14-7-4-3-5-8-14)17-13-21-11-12-23-17/h3-10,17-18,21H,2,11-13H2,1H3/t17-,18?/m0/s1. The number of rotatable bonds is 6. The predicted molar refractivity (Wildman–Crippen MR) is 90.0 cm³/mol. The Kier molecular flexibility index (Phi) is 5.67. The van der Waals surface area contributed by atoms with E-state index >= 15 is 0 Å². The maximum Gasteiger partial charge on any atom is 0.197 e. The van der Waals surface area contributed by atoms with E-state index in [2.05, 4.69) is 5.32 Å². The van der Waals surface area contributed by atoms with Crippen LogP contribution >= 0.6 is 0 Å². The first-order chi connectivity index (χ1) is 11.8. The summed E-state index contributed by atoms with van der Waals surface area (Å²) in [5, 5.41) is 3.30. The molecular weight excluding hydrogens is 309 g/mol. The number of nitrogens with one attached hydrogen (secondary N) is 1. The molecule has 1 aliphatic rings. The number of hydrogen-bond acceptors (Lipinski definition) is 4. The van der Waals surface area contributed by atoms with Crippen LogP contribution in [-0.2, 0) is 4.74 Å². The number of benzene rings is 2. The van der Waals surface area contributed by atoms with Crippen molar-refractivity contribution in [1.29, 1.82) is 0 Å².